The largest absolute Gasteiger partial charge is 0.368 e. The molecule has 0 aromatic carbocycles. The lowest BCUT2D eigenvalue weighted by Crippen LogP contribution is -2.41. The van der Waals surface area contributed by atoms with Gasteiger partial charge in [-0.2, -0.15) is 0 Å². The number of rotatable bonds is 6. The summed E-state index contributed by atoms with van der Waals surface area (Å²) in [5.41, 5.74) is 0.705. The summed E-state index contributed by atoms with van der Waals surface area (Å²) in [5.74, 6) is 0.624. The van der Waals surface area contributed by atoms with Crippen LogP contribution < -0.4 is 14.9 Å². The fourth-order valence-corrected chi connectivity index (χ4v) is 7.22. The molecule has 2 aliphatic heterocycles. The number of nitrogens with zero attached hydrogens (tertiary/aromatic N) is 5. The molecule has 34 heavy (non-hydrogen) atoms. The van der Waals surface area contributed by atoms with E-state index in [9.17, 15) is 17.2 Å². The van der Waals surface area contributed by atoms with E-state index in [1.807, 2.05) is 6.92 Å². The molecule has 0 amide bonds. The van der Waals surface area contributed by atoms with Crippen LogP contribution in [0.4, 0.5) is 14.5 Å². The Balaban J connectivity index is 1.53. The summed E-state index contributed by atoms with van der Waals surface area (Å²) in [7, 11) is -3.85. The van der Waals surface area contributed by atoms with Crippen LogP contribution >= 0.6 is 22.9 Å². The molecule has 2 N–H and O–H groups in total. The van der Waals surface area contributed by atoms with Crippen LogP contribution in [0.2, 0.25) is 5.15 Å². The second-order valence-corrected chi connectivity index (χ2v) is 12.6. The first-order valence-electron chi connectivity index (χ1n) is 11.0. The monoisotopic (exact) mass is 529 g/mol. The molecule has 0 radical (unpaired) electrons. The Bertz CT molecular complexity index is 1380. The summed E-state index contributed by atoms with van der Waals surface area (Å²) in [6.45, 7) is 4.23. The summed E-state index contributed by atoms with van der Waals surface area (Å²) < 4.78 is 57.2. The zero-order valence-corrected chi connectivity index (χ0v) is 20.5. The van der Waals surface area contributed by atoms with Crippen molar-refractivity contribution in [1.82, 2.24) is 29.6 Å². The third-order valence-corrected chi connectivity index (χ3v) is 9.52. The van der Waals surface area contributed by atoms with Crippen molar-refractivity contribution in [2.75, 3.05) is 24.5 Å². The van der Waals surface area contributed by atoms with E-state index in [0.717, 1.165) is 32.4 Å². The molecule has 1 aliphatic carbocycles. The molecule has 3 aliphatic rings. The molecule has 3 aromatic rings. The second-order valence-electron chi connectivity index (χ2n) is 9.53. The molecular formula is C20H22ClF2N7O2S2. The minimum atomic E-state index is -3.85. The zero-order chi connectivity index (χ0) is 23.8. The number of imidazole rings is 1. The topological polar surface area (TPSA) is 105 Å². The SMILES string of the molecule is CC1(NS(=O)(=O)c2cc(N3CC4CNC(C4)C3)c3c(Cl)nc(-c4nnc(C(F)F)s4)n3c2)CC1. The molecule has 5 heterocycles. The highest BCUT2D eigenvalue weighted by molar-refractivity contribution is 7.89. The van der Waals surface area contributed by atoms with Gasteiger partial charge in [-0.3, -0.25) is 4.40 Å². The predicted octanol–water partition coefficient (Wildman–Crippen LogP) is 3.07. The molecule has 14 heteroatoms. The molecule has 2 atom stereocenters. The lowest BCUT2D eigenvalue weighted by molar-refractivity contribution is 0.150. The van der Waals surface area contributed by atoms with Gasteiger partial charge in [-0.15, -0.1) is 10.2 Å². The van der Waals surface area contributed by atoms with Crippen LogP contribution in [0.3, 0.4) is 0 Å². The van der Waals surface area contributed by atoms with E-state index in [1.54, 1.807) is 10.5 Å². The summed E-state index contributed by atoms with van der Waals surface area (Å²) >= 11 is 7.27. The number of fused-ring (bicyclic) bond motifs is 3. The van der Waals surface area contributed by atoms with Gasteiger partial charge in [0.1, 0.15) is 10.4 Å². The van der Waals surface area contributed by atoms with E-state index in [4.69, 9.17) is 11.6 Å². The quantitative estimate of drug-likeness (QED) is 0.505. The molecule has 0 spiro atoms. The summed E-state index contributed by atoms with van der Waals surface area (Å²) in [4.78, 5) is 6.58. The zero-order valence-electron chi connectivity index (χ0n) is 18.1. The van der Waals surface area contributed by atoms with Gasteiger partial charge >= 0.3 is 0 Å². The first-order chi connectivity index (χ1) is 16.1. The number of sulfonamides is 1. The maximum absolute atomic E-state index is 13.3. The molecule has 3 fully saturated rings. The molecule has 2 bridgehead atoms. The Morgan fingerprint density at radius 1 is 1.32 bits per heavy atom. The Kier molecular flexibility index (Phi) is 5.16. The van der Waals surface area contributed by atoms with Crippen molar-refractivity contribution < 1.29 is 17.2 Å². The Hall–Kier alpha value is -1.93. The Morgan fingerprint density at radius 2 is 2.12 bits per heavy atom. The van der Waals surface area contributed by atoms with Gasteiger partial charge in [-0.1, -0.05) is 22.9 Å². The van der Waals surface area contributed by atoms with Crippen LogP contribution in [0.5, 0.6) is 0 Å². The van der Waals surface area contributed by atoms with Crippen LogP contribution in [-0.4, -0.2) is 59.2 Å². The number of halogens is 3. The van der Waals surface area contributed by atoms with Crippen molar-refractivity contribution in [1.29, 1.82) is 0 Å². The van der Waals surface area contributed by atoms with E-state index in [2.05, 4.69) is 30.1 Å². The minimum Gasteiger partial charge on any atom is -0.368 e. The molecule has 1 saturated carbocycles. The van der Waals surface area contributed by atoms with E-state index < -0.39 is 27.0 Å². The highest BCUT2D eigenvalue weighted by Gasteiger charge is 2.42. The van der Waals surface area contributed by atoms with Crippen molar-refractivity contribution in [2.24, 2.45) is 5.92 Å². The van der Waals surface area contributed by atoms with Crippen molar-refractivity contribution in [2.45, 2.75) is 49.1 Å². The van der Waals surface area contributed by atoms with Gasteiger partial charge in [-0.25, -0.2) is 26.9 Å². The van der Waals surface area contributed by atoms with Crippen LogP contribution in [0.1, 0.15) is 37.6 Å². The molecule has 9 nitrogen and oxygen atoms in total. The van der Waals surface area contributed by atoms with Gasteiger partial charge in [0.25, 0.3) is 6.43 Å². The number of aromatic nitrogens is 4. The third kappa shape index (κ3) is 3.87. The second kappa shape index (κ2) is 7.79. The maximum Gasteiger partial charge on any atom is 0.291 e. The molecular weight excluding hydrogens is 508 g/mol. The van der Waals surface area contributed by atoms with Gasteiger partial charge in [0.05, 0.1) is 5.69 Å². The molecule has 2 unspecified atom stereocenters. The normalized spacial score (nSPS) is 23.9. The van der Waals surface area contributed by atoms with E-state index >= 15 is 0 Å². The summed E-state index contributed by atoms with van der Waals surface area (Å²) in [6, 6.07) is 1.94. The highest BCUT2D eigenvalue weighted by Crippen LogP contribution is 2.40. The van der Waals surface area contributed by atoms with Crippen LogP contribution in [0.15, 0.2) is 17.2 Å². The predicted molar refractivity (Wildman–Crippen MR) is 124 cm³/mol. The highest BCUT2D eigenvalue weighted by atomic mass is 35.5. The molecule has 182 valence electrons. The van der Waals surface area contributed by atoms with Crippen molar-refractivity contribution in [3.63, 3.8) is 0 Å². The average Bonchev–Trinajstić information content (AvgIpc) is 3.12. The molecule has 6 rings (SSSR count). The van der Waals surface area contributed by atoms with Gasteiger partial charge in [0, 0.05) is 37.4 Å². The number of anilines is 1. The molecule has 2 saturated heterocycles. The first-order valence-corrected chi connectivity index (χ1v) is 13.7. The number of hydrogen-bond donors (Lipinski definition) is 2. The van der Waals surface area contributed by atoms with Crippen molar-refractivity contribution in [3.8, 4) is 10.8 Å². The smallest absolute Gasteiger partial charge is 0.291 e. The van der Waals surface area contributed by atoms with E-state index in [1.165, 1.54) is 6.20 Å². The lowest BCUT2D eigenvalue weighted by atomic mass is 9.99. The number of hydrogen-bond acceptors (Lipinski definition) is 8. The number of nitrogens with one attached hydrogen (secondary N) is 2. The third-order valence-electron chi connectivity index (χ3n) is 6.73. The minimum absolute atomic E-state index is 0.0583. The number of pyridine rings is 1. The standard InChI is InChI=1S/C20H22ClF2N7O2S2/c1-20(2-3-20)28-34(31,32)12-5-13(29-7-10-4-11(8-29)24-6-10)14-15(21)25-17(30(14)9-12)19-27-26-18(33-19)16(22)23/h5,9-11,16,24,28H,2-4,6-8H2,1H3. The van der Waals surface area contributed by atoms with E-state index in [-0.39, 0.29) is 20.9 Å². The number of alkyl halides is 2. The van der Waals surface area contributed by atoms with Crippen LogP contribution in [0.25, 0.3) is 16.3 Å². The van der Waals surface area contributed by atoms with Gasteiger partial charge in [0.2, 0.25) is 10.0 Å². The van der Waals surface area contributed by atoms with Crippen LogP contribution in [-0.2, 0) is 10.0 Å². The first kappa shape index (κ1) is 22.5. The Labute approximate surface area is 203 Å². The average molecular weight is 530 g/mol. The summed E-state index contributed by atoms with van der Waals surface area (Å²) in [5, 5.41) is 10.8. The fraction of sp³-hybridized carbons (Fsp3) is 0.550. The van der Waals surface area contributed by atoms with Gasteiger partial charge < -0.3 is 10.2 Å². The fourth-order valence-electron chi connectivity index (χ4n) is 4.78. The van der Waals surface area contributed by atoms with Crippen molar-refractivity contribution >= 4 is 44.2 Å². The van der Waals surface area contributed by atoms with Crippen LogP contribution in [0, 0.1) is 5.92 Å². The van der Waals surface area contributed by atoms with Gasteiger partial charge in [0.15, 0.2) is 21.0 Å². The Morgan fingerprint density at radius 3 is 2.79 bits per heavy atom. The maximum atomic E-state index is 13.3. The number of piperidine rings is 1. The van der Waals surface area contributed by atoms with Crippen molar-refractivity contribution in [3.05, 3.63) is 22.4 Å². The lowest BCUT2D eigenvalue weighted by Gasteiger charge is -2.33. The van der Waals surface area contributed by atoms with E-state index in [0.29, 0.717) is 41.0 Å². The summed E-state index contributed by atoms with van der Waals surface area (Å²) in [6.07, 6.45) is 1.28. The van der Waals surface area contributed by atoms with Gasteiger partial charge in [-0.05, 0) is 38.2 Å². The molecule has 3 aromatic heterocycles.